The minimum absolute atomic E-state index is 0.920. The molecule has 0 amide bonds. The molecule has 4 nitrogen and oxygen atoms in total. The Morgan fingerprint density at radius 1 is 0.500 bits per heavy atom. The number of nitrogens with zero attached hydrogens (tertiary/aromatic N) is 2. The summed E-state index contributed by atoms with van der Waals surface area (Å²) in [4.78, 5) is 18.1. The lowest BCUT2D eigenvalue weighted by molar-refractivity contribution is 1.07. The zero-order valence-electron chi connectivity index (χ0n) is 25.4. The molecule has 0 aromatic carbocycles. The van der Waals surface area contributed by atoms with E-state index < -0.39 is 0 Å². The van der Waals surface area contributed by atoms with Gasteiger partial charge in [0.15, 0.2) is 0 Å². The molecule has 2 aliphatic rings. The standard InChI is InChI=1S/C36H44N4/c1-9-21-22(10-2)30-18-32-25(13-5)26(14-6)34(39-32)20-36-28(16-8)27(15-7)35(40-36)19-33-24(12-4)23(11-3)31(38-33)17-29(21)37-30/h9,17-20,37-38H,1,10-16H2,2-8H3. The molecule has 0 atom stereocenters. The molecule has 5 heterocycles. The van der Waals surface area contributed by atoms with Crippen LogP contribution in [0.25, 0.3) is 50.4 Å². The van der Waals surface area contributed by atoms with Crippen LogP contribution >= 0.6 is 0 Å². The van der Waals surface area contributed by atoms with E-state index in [2.05, 4.69) is 89.3 Å². The first kappa shape index (κ1) is 27.9. The molecular formula is C36H44N4. The zero-order chi connectivity index (χ0) is 28.6. The highest BCUT2D eigenvalue weighted by Gasteiger charge is 2.22. The summed E-state index contributed by atoms with van der Waals surface area (Å²) in [5.74, 6) is 0. The predicted octanol–water partition coefficient (Wildman–Crippen LogP) is 10.1. The summed E-state index contributed by atoms with van der Waals surface area (Å²) in [6.07, 6.45) is 8.67. The van der Waals surface area contributed by atoms with Gasteiger partial charge in [0, 0.05) is 27.6 Å². The SMILES string of the molecule is C=Cc1c(CC)c2cc3nc(cc4nc(cc5[nH]c(cc1[nH]2)c(CC)c5CC)C(CC)=C4CC)C(CC)=C3CC. The number of hydrogen-bond donors (Lipinski definition) is 2. The van der Waals surface area contributed by atoms with Crippen LogP contribution in [0.5, 0.6) is 0 Å². The average Bonchev–Trinajstić information content (AvgIpc) is 3.67. The minimum Gasteiger partial charge on any atom is -0.355 e. The van der Waals surface area contributed by atoms with Crippen molar-refractivity contribution in [1.29, 1.82) is 0 Å². The number of H-pyrrole nitrogens is 2. The third-order valence-corrected chi connectivity index (χ3v) is 8.74. The number of nitrogens with one attached hydrogen (secondary N) is 2. The van der Waals surface area contributed by atoms with Crippen LogP contribution < -0.4 is 0 Å². The van der Waals surface area contributed by atoms with Gasteiger partial charge in [-0.25, -0.2) is 9.97 Å². The van der Waals surface area contributed by atoms with Crippen molar-refractivity contribution in [3.63, 3.8) is 0 Å². The Labute approximate surface area is 239 Å². The van der Waals surface area contributed by atoms with E-state index in [1.807, 2.05) is 6.08 Å². The molecule has 3 aromatic heterocycles. The van der Waals surface area contributed by atoms with E-state index in [0.29, 0.717) is 0 Å². The Bertz CT molecular complexity index is 1700. The van der Waals surface area contributed by atoms with E-state index >= 15 is 0 Å². The normalized spacial score (nSPS) is 13.5. The van der Waals surface area contributed by atoms with Crippen LogP contribution in [0, 0.1) is 0 Å². The summed E-state index contributed by atoms with van der Waals surface area (Å²) in [5.41, 5.74) is 19.4. The van der Waals surface area contributed by atoms with Crippen molar-refractivity contribution in [3.8, 4) is 0 Å². The van der Waals surface area contributed by atoms with E-state index in [9.17, 15) is 0 Å². The van der Waals surface area contributed by atoms with Crippen molar-refractivity contribution in [2.45, 2.75) is 93.4 Å². The maximum Gasteiger partial charge on any atom is 0.0694 e. The summed E-state index contributed by atoms with van der Waals surface area (Å²) in [6, 6.07) is 9.09. The van der Waals surface area contributed by atoms with Gasteiger partial charge >= 0.3 is 0 Å². The average molecular weight is 533 g/mol. The molecule has 0 saturated carbocycles. The molecule has 2 aliphatic heterocycles. The first-order valence-electron chi connectivity index (χ1n) is 15.3. The van der Waals surface area contributed by atoms with Crippen LogP contribution in [0.1, 0.15) is 119 Å². The fourth-order valence-electron chi connectivity index (χ4n) is 6.87. The molecular weight excluding hydrogens is 488 g/mol. The highest BCUT2D eigenvalue weighted by atomic mass is 14.8. The largest absolute Gasteiger partial charge is 0.355 e. The molecule has 5 rings (SSSR count). The number of allylic oxidation sites excluding steroid dienone is 4. The Hall–Kier alpha value is -3.66. The summed E-state index contributed by atoms with van der Waals surface area (Å²) in [7, 11) is 0. The molecule has 208 valence electrons. The lowest BCUT2D eigenvalue weighted by Crippen LogP contribution is -1.86. The fourth-order valence-corrected chi connectivity index (χ4v) is 6.87. The van der Waals surface area contributed by atoms with Crippen LogP contribution in [-0.2, 0) is 19.3 Å². The van der Waals surface area contributed by atoms with Crippen LogP contribution in [0.2, 0.25) is 0 Å². The van der Waals surface area contributed by atoms with E-state index in [0.717, 1.165) is 78.8 Å². The smallest absolute Gasteiger partial charge is 0.0694 e. The molecule has 40 heavy (non-hydrogen) atoms. The van der Waals surface area contributed by atoms with Crippen LogP contribution in [0.3, 0.4) is 0 Å². The summed E-state index contributed by atoms with van der Waals surface area (Å²) in [6.45, 7) is 19.9. The van der Waals surface area contributed by atoms with Crippen LogP contribution in [0.15, 0.2) is 30.8 Å². The number of aryl methyl sites for hydroxylation is 3. The van der Waals surface area contributed by atoms with Gasteiger partial charge in [-0.2, -0.15) is 0 Å². The number of rotatable bonds is 8. The van der Waals surface area contributed by atoms with Crippen LogP contribution in [-0.4, -0.2) is 19.9 Å². The molecule has 0 aliphatic carbocycles. The monoisotopic (exact) mass is 532 g/mol. The minimum atomic E-state index is 0.920. The number of aromatic nitrogens is 4. The Morgan fingerprint density at radius 2 is 0.875 bits per heavy atom. The van der Waals surface area contributed by atoms with Crippen molar-refractivity contribution >= 4 is 50.4 Å². The molecule has 2 N–H and O–H groups in total. The van der Waals surface area contributed by atoms with Crippen molar-refractivity contribution < 1.29 is 0 Å². The van der Waals surface area contributed by atoms with Gasteiger partial charge in [0.25, 0.3) is 0 Å². The summed E-state index contributed by atoms with van der Waals surface area (Å²) >= 11 is 0. The molecule has 0 unspecified atom stereocenters. The van der Waals surface area contributed by atoms with Crippen molar-refractivity contribution in [2.24, 2.45) is 0 Å². The number of aromatic amines is 2. The molecule has 0 saturated heterocycles. The summed E-state index contributed by atoms with van der Waals surface area (Å²) < 4.78 is 0. The summed E-state index contributed by atoms with van der Waals surface area (Å²) in [5, 5.41) is 0. The predicted molar refractivity (Wildman–Crippen MR) is 174 cm³/mol. The first-order chi connectivity index (χ1) is 19.5. The number of fused-ring (bicyclic) bond motifs is 8. The second kappa shape index (κ2) is 11.4. The molecule has 0 spiro atoms. The maximum absolute atomic E-state index is 5.27. The van der Waals surface area contributed by atoms with Gasteiger partial charge in [-0.3, -0.25) is 0 Å². The van der Waals surface area contributed by atoms with Gasteiger partial charge in [0.2, 0.25) is 0 Å². The van der Waals surface area contributed by atoms with Crippen molar-refractivity contribution in [1.82, 2.24) is 19.9 Å². The number of hydrogen-bond acceptors (Lipinski definition) is 2. The van der Waals surface area contributed by atoms with Gasteiger partial charge in [0.1, 0.15) is 0 Å². The van der Waals surface area contributed by atoms with E-state index in [-0.39, 0.29) is 0 Å². The quantitative estimate of drug-likeness (QED) is 0.303. The van der Waals surface area contributed by atoms with E-state index in [1.165, 1.54) is 55.6 Å². The zero-order valence-corrected chi connectivity index (χ0v) is 25.4. The lowest BCUT2D eigenvalue weighted by atomic mass is 9.97. The second-order valence-corrected chi connectivity index (χ2v) is 10.7. The van der Waals surface area contributed by atoms with Crippen molar-refractivity contribution in [3.05, 3.63) is 75.9 Å². The van der Waals surface area contributed by atoms with Gasteiger partial charge in [-0.05, 0) is 108 Å². The van der Waals surface area contributed by atoms with Gasteiger partial charge < -0.3 is 9.97 Å². The van der Waals surface area contributed by atoms with Gasteiger partial charge in [-0.1, -0.05) is 61.1 Å². The Kier molecular flexibility index (Phi) is 7.98. The second-order valence-electron chi connectivity index (χ2n) is 10.7. The van der Waals surface area contributed by atoms with E-state index in [1.54, 1.807) is 0 Å². The third-order valence-electron chi connectivity index (χ3n) is 8.74. The fraction of sp³-hybridized carbons (Fsp3) is 0.389. The maximum atomic E-state index is 5.27. The molecule has 4 heteroatoms. The van der Waals surface area contributed by atoms with Gasteiger partial charge in [0.05, 0.1) is 22.8 Å². The first-order valence-corrected chi connectivity index (χ1v) is 15.3. The Balaban J connectivity index is 2.04. The lowest BCUT2D eigenvalue weighted by Gasteiger charge is -2.04. The molecule has 0 radical (unpaired) electrons. The molecule has 3 aromatic rings. The third kappa shape index (κ3) is 4.48. The Morgan fingerprint density at radius 3 is 1.27 bits per heavy atom. The highest BCUT2D eigenvalue weighted by molar-refractivity contribution is 5.96. The molecule has 8 bridgehead atoms. The van der Waals surface area contributed by atoms with E-state index in [4.69, 9.17) is 9.97 Å². The van der Waals surface area contributed by atoms with Crippen LogP contribution in [0.4, 0.5) is 0 Å². The molecule has 0 fully saturated rings. The highest BCUT2D eigenvalue weighted by Crippen LogP contribution is 2.39. The van der Waals surface area contributed by atoms with Crippen molar-refractivity contribution in [2.75, 3.05) is 0 Å². The topological polar surface area (TPSA) is 57.4 Å². The van der Waals surface area contributed by atoms with Gasteiger partial charge in [-0.15, -0.1) is 0 Å².